The predicted molar refractivity (Wildman–Crippen MR) is 62.3 cm³/mol. The van der Waals surface area contributed by atoms with E-state index in [4.69, 9.17) is 10.00 Å². The third-order valence-corrected chi connectivity index (χ3v) is 2.58. The van der Waals surface area contributed by atoms with Gasteiger partial charge in [0.2, 0.25) is 0 Å². The number of nitrogens with zero attached hydrogens (tertiary/aromatic N) is 1. The van der Waals surface area contributed by atoms with Gasteiger partial charge >= 0.3 is 0 Å². The molecule has 1 aromatic rings. The molecule has 84 valence electrons. The smallest absolute Gasteiger partial charge is 0.101 e. The van der Waals surface area contributed by atoms with Crippen LogP contribution in [0.1, 0.15) is 5.56 Å². The first kappa shape index (κ1) is 10.9. The van der Waals surface area contributed by atoms with E-state index in [0.717, 1.165) is 32.0 Å². The fourth-order valence-electron chi connectivity index (χ4n) is 1.72. The molecule has 4 heteroatoms. The number of hydrogen-bond acceptors (Lipinski definition) is 4. The van der Waals surface area contributed by atoms with E-state index in [1.165, 1.54) is 0 Å². The normalized spacial score (nSPS) is 20.1. The Morgan fingerprint density at radius 2 is 2.38 bits per heavy atom. The van der Waals surface area contributed by atoms with Gasteiger partial charge in [0.15, 0.2) is 0 Å². The molecule has 1 fully saturated rings. The molecular formula is C12H15N3O. The van der Waals surface area contributed by atoms with Crippen molar-refractivity contribution >= 4 is 5.69 Å². The van der Waals surface area contributed by atoms with Crippen LogP contribution in [0.15, 0.2) is 24.3 Å². The highest BCUT2D eigenvalue weighted by molar-refractivity contribution is 5.57. The molecule has 1 heterocycles. The van der Waals surface area contributed by atoms with Gasteiger partial charge in [-0.15, -0.1) is 0 Å². The van der Waals surface area contributed by atoms with E-state index in [1.54, 1.807) is 0 Å². The Kier molecular flexibility index (Phi) is 3.76. The van der Waals surface area contributed by atoms with E-state index in [1.807, 2.05) is 24.3 Å². The maximum absolute atomic E-state index is 8.93. The number of para-hydroxylation sites is 1. The van der Waals surface area contributed by atoms with Gasteiger partial charge < -0.3 is 15.4 Å². The third kappa shape index (κ3) is 2.72. The monoisotopic (exact) mass is 217 g/mol. The molecule has 0 bridgehead atoms. The second-order valence-corrected chi connectivity index (χ2v) is 3.76. The van der Waals surface area contributed by atoms with Crippen LogP contribution >= 0.6 is 0 Å². The number of ether oxygens (including phenoxy) is 1. The summed E-state index contributed by atoms with van der Waals surface area (Å²) < 4.78 is 5.36. The lowest BCUT2D eigenvalue weighted by Gasteiger charge is -2.24. The first-order valence-corrected chi connectivity index (χ1v) is 5.44. The number of anilines is 1. The van der Waals surface area contributed by atoms with Crippen molar-refractivity contribution in [3.8, 4) is 6.07 Å². The van der Waals surface area contributed by atoms with Gasteiger partial charge in [-0.2, -0.15) is 5.26 Å². The molecule has 0 aliphatic carbocycles. The number of nitrogens with one attached hydrogen (secondary N) is 2. The first-order chi connectivity index (χ1) is 7.90. The Morgan fingerprint density at radius 1 is 1.50 bits per heavy atom. The minimum Gasteiger partial charge on any atom is -0.382 e. The van der Waals surface area contributed by atoms with Crippen molar-refractivity contribution in [3.63, 3.8) is 0 Å². The van der Waals surface area contributed by atoms with E-state index in [-0.39, 0.29) is 0 Å². The van der Waals surface area contributed by atoms with E-state index >= 15 is 0 Å². The zero-order valence-corrected chi connectivity index (χ0v) is 9.07. The van der Waals surface area contributed by atoms with Gasteiger partial charge in [-0.25, -0.2) is 0 Å². The zero-order chi connectivity index (χ0) is 11.2. The highest BCUT2D eigenvalue weighted by Crippen LogP contribution is 2.13. The summed E-state index contributed by atoms with van der Waals surface area (Å²) in [4.78, 5) is 0. The van der Waals surface area contributed by atoms with E-state index in [2.05, 4.69) is 16.7 Å². The summed E-state index contributed by atoms with van der Waals surface area (Å²) in [6.45, 7) is 3.18. The maximum Gasteiger partial charge on any atom is 0.101 e. The minimum atomic E-state index is 0.320. The summed E-state index contributed by atoms with van der Waals surface area (Å²) >= 11 is 0. The average molecular weight is 217 g/mol. The molecule has 0 saturated carbocycles. The molecule has 1 aliphatic rings. The van der Waals surface area contributed by atoms with Crippen LogP contribution in [0.3, 0.4) is 0 Å². The molecular weight excluding hydrogens is 202 g/mol. The molecule has 0 spiro atoms. The van der Waals surface area contributed by atoms with Crippen molar-refractivity contribution in [2.24, 2.45) is 0 Å². The highest BCUT2D eigenvalue weighted by Gasteiger charge is 2.12. The van der Waals surface area contributed by atoms with Gasteiger partial charge in [-0.05, 0) is 12.1 Å². The lowest BCUT2D eigenvalue weighted by Crippen LogP contribution is -2.45. The topological polar surface area (TPSA) is 57.1 Å². The summed E-state index contributed by atoms with van der Waals surface area (Å²) in [5.41, 5.74) is 1.57. The van der Waals surface area contributed by atoms with Crippen LogP contribution in [-0.4, -0.2) is 32.3 Å². The predicted octanol–water partition coefficient (Wildman–Crippen LogP) is 0.959. The lowest BCUT2D eigenvalue weighted by atomic mass is 10.2. The summed E-state index contributed by atoms with van der Waals surface area (Å²) in [5, 5.41) is 15.6. The summed E-state index contributed by atoms with van der Waals surface area (Å²) in [6, 6.07) is 10.0. The fourth-order valence-corrected chi connectivity index (χ4v) is 1.72. The van der Waals surface area contributed by atoms with E-state index in [9.17, 15) is 0 Å². The van der Waals surface area contributed by atoms with Gasteiger partial charge in [0, 0.05) is 19.1 Å². The molecule has 2 N–H and O–H groups in total. The number of benzene rings is 1. The molecule has 1 aliphatic heterocycles. The lowest BCUT2D eigenvalue weighted by molar-refractivity contribution is 0.0806. The summed E-state index contributed by atoms with van der Waals surface area (Å²) in [5.74, 6) is 0. The molecule has 0 amide bonds. The number of hydrogen-bond donors (Lipinski definition) is 2. The van der Waals surface area contributed by atoms with Crippen LogP contribution in [0.25, 0.3) is 0 Å². The maximum atomic E-state index is 8.93. The Labute approximate surface area is 95.2 Å². The summed E-state index contributed by atoms with van der Waals surface area (Å²) in [7, 11) is 0. The molecule has 1 aromatic carbocycles. The highest BCUT2D eigenvalue weighted by atomic mass is 16.5. The van der Waals surface area contributed by atoms with Crippen LogP contribution in [0.2, 0.25) is 0 Å². The molecule has 1 unspecified atom stereocenters. The molecule has 0 aromatic heterocycles. The second kappa shape index (κ2) is 5.50. The van der Waals surface area contributed by atoms with Crippen molar-refractivity contribution in [1.82, 2.24) is 5.32 Å². The van der Waals surface area contributed by atoms with Crippen molar-refractivity contribution in [2.75, 3.05) is 31.6 Å². The molecule has 2 rings (SSSR count). The summed E-state index contributed by atoms with van der Waals surface area (Å²) in [6.07, 6.45) is 0. The van der Waals surface area contributed by atoms with Gasteiger partial charge in [-0.1, -0.05) is 12.1 Å². The molecule has 0 radical (unpaired) electrons. The minimum absolute atomic E-state index is 0.320. The Bertz CT molecular complexity index is 380. The third-order valence-electron chi connectivity index (χ3n) is 2.58. The van der Waals surface area contributed by atoms with Crippen LogP contribution in [-0.2, 0) is 4.74 Å². The molecule has 16 heavy (non-hydrogen) atoms. The Morgan fingerprint density at radius 3 is 3.12 bits per heavy atom. The van der Waals surface area contributed by atoms with Crippen LogP contribution in [0.4, 0.5) is 5.69 Å². The number of morpholine rings is 1. The standard InChI is InChI=1S/C12H15N3O/c13-7-10-3-1-2-4-12(10)15-8-11-9-16-6-5-14-11/h1-4,11,14-15H,5-6,8-9H2. The van der Waals surface area contributed by atoms with Crippen LogP contribution in [0, 0.1) is 11.3 Å². The van der Waals surface area contributed by atoms with Crippen molar-refractivity contribution in [3.05, 3.63) is 29.8 Å². The molecule has 1 atom stereocenters. The first-order valence-electron chi connectivity index (χ1n) is 5.44. The largest absolute Gasteiger partial charge is 0.382 e. The van der Waals surface area contributed by atoms with Crippen LogP contribution in [0.5, 0.6) is 0 Å². The average Bonchev–Trinajstić information content (AvgIpc) is 2.38. The molecule has 4 nitrogen and oxygen atoms in total. The van der Waals surface area contributed by atoms with E-state index < -0.39 is 0 Å². The van der Waals surface area contributed by atoms with Crippen molar-refractivity contribution in [1.29, 1.82) is 5.26 Å². The number of rotatable bonds is 3. The quantitative estimate of drug-likeness (QED) is 0.791. The zero-order valence-electron chi connectivity index (χ0n) is 9.07. The van der Waals surface area contributed by atoms with Gasteiger partial charge in [0.1, 0.15) is 6.07 Å². The second-order valence-electron chi connectivity index (χ2n) is 3.76. The van der Waals surface area contributed by atoms with Crippen molar-refractivity contribution < 1.29 is 4.74 Å². The SMILES string of the molecule is N#Cc1ccccc1NCC1COCCN1. The van der Waals surface area contributed by atoms with Crippen molar-refractivity contribution in [2.45, 2.75) is 6.04 Å². The number of nitriles is 1. The van der Waals surface area contributed by atoms with Crippen LogP contribution < -0.4 is 10.6 Å². The Hall–Kier alpha value is -1.57. The van der Waals surface area contributed by atoms with E-state index in [0.29, 0.717) is 11.6 Å². The van der Waals surface area contributed by atoms with Gasteiger partial charge in [0.25, 0.3) is 0 Å². The van der Waals surface area contributed by atoms with Gasteiger partial charge in [-0.3, -0.25) is 0 Å². The fraction of sp³-hybridized carbons (Fsp3) is 0.417. The molecule has 1 saturated heterocycles. The van der Waals surface area contributed by atoms with Gasteiger partial charge in [0.05, 0.1) is 24.5 Å². The Balaban J connectivity index is 1.91.